The lowest BCUT2D eigenvalue weighted by Crippen LogP contribution is -2.44. The molecule has 1 aliphatic rings. The van der Waals surface area contributed by atoms with Crippen LogP contribution in [-0.4, -0.2) is 60.7 Å². The molecule has 3 rings (SSSR count). The SMILES string of the molecule is COc1ccc(NC(=O)CN(C)C(=O)CCN2C(=O)Cc3ccccc3C2=O)cc1. The third kappa shape index (κ3) is 4.83. The zero-order valence-electron chi connectivity index (χ0n) is 16.9. The molecule has 0 aromatic heterocycles. The number of methoxy groups -OCH3 is 1. The fourth-order valence-corrected chi connectivity index (χ4v) is 3.20. The highest BCUT2D eigenvalue weighted by atomic mass is 16.5. The lowest BCUT2D eigenvalue weighted by Gasteiger charge is -2.27. The number of likely N-dealkylation sites (N-methyl/N-ethyl adjacent to an activating group) is 1. The van der Waals surface area contributed by atoms with Gasteiger partial charge in [-0.2, -0.15) is 0 Å². The summed E-state index contributed by atoms with van der Waals surface area (Å²) in [4.78, 5) is 51.8. The molecular weight excluding hydrogens is 386 g/mol. The van der Waals surface area contributed by atoms with Crippen LogP contribution in [0.2, 0.25) is 0 Å². The van der Waals surface area contributed by atoms with Gasteiger partial charge in [-0.25, -0.2) is 0 Å². The van der Waals surface area contributed by atoms with Crippen LogP contribution in [0.25, 0.3) is 0 Å². The van der Waals surface area contributed by atoms with Crippen LogP contribution in [0.4, 0.5) is 5.69 Å². The van der Waals surface area contributed by atoms with E-state index in [1.165, 1.54) is 11.9 Å². The van der Waals surface area contributed by atoms with E-state index in [0.717, 1.165) is 4.90 Å². The maximum Gasteiger partial charge on any atom is 0.260 e. The number of hydrogen-bond donors (Lipinski definition) is 1. The fourth-order valence-electron chi connectivity index (χ4n) is 3.20. The number of fused-ring (bicyclic) bond motifs is 1. The summed E-state index contributed by atoms with van der Waals surface area (Å²) in [6, 6.07) is 13.8. The van der Waals surface area contributed by atoms with E-state index in [1.807, 2.05) is 0 Å². The number of carbonyl (C=O) groups excluding carboxylic acids is 4. The summed E-state index contributed by atoms with van der Waals surface area (Å²) in [5.74, 6) is -0.736. The van der Waals surface area contributed by atoms with Crippen LogP contribution in [0.15, 0.2) is 48.5 Å². The van der Waals surface area contributed by atoms with Gasteiger partial charge in [0.15, 0.2) is 0 Å². The molecule has 1 N–H and O–H groups in total. The van der Waals surface area contributed by atoms with Gasteiger partial charge in [0, 0.05) is 31.3 Å². The van der Waals surface area contributed by atoms with Crippen molar-refractivity contribution in [3.05, 3.63) is 59.7 Å². The van der Waals surface area contributed by atoms with Gasteiger partial charge in [0.2, 0.25) is 17.7 Å². The van der Waals surface area contributed by atoms with E-state index in [0.29, 0.717) is 22.6 Å². The van der Waals surface area contributed by atoms with E-state index in [4.69, 9.17) is 4.74 Å². The Balaban J connectivity index is 1.51. The predicted molar refractivity (Wildman–Crippen MR) is 110 cm³/mol. The van der Waals surface area contributed by atoms with Gasteiger partial charge in [-0.3, -0.25) is 24.1 Å². The molecule has 0 saturated carbocycles. The molecule has 4 amide bonds. The van der Waals surface area contributed by atoms with E-state index < -0.39 is 5.91 Å². The minimum absolute atomic E-state index is 0.0186. The van der Waals surface area contributed by atoms with Crippen molar-refractivity contribution in [3.63, 3.8) is 0 Å². The summed E-state index contributed by atoms with van der Waals surface area (Å²) in [6.07, 6.45) is 0.0855. The minimum atomic E-state index is -0.394. The zero-order valence-corrected chi connectivity index (χ0v) is 16.9. The Kier molecular flexibility index (Phi) is 6.46. The van der Waals surface area contributed by atoms with Gasteiger partial charge in [0.25, 0.3) is 5.91 Å². The molecule has 0 bridgehead atoms. The van der Waals surface area contributed by atoms with E-state index in [2.05, 4.69) is 5.32 Å². The average Bonchev–Trinajstić information content (AvgIpc) is 2.73. The summed E-state index contributed by atoms with van der Waals surface area (Å²) < 4.78 is 5.06. The molecule has 2 aromatic carbocycles. The van der Waals surface area contributed by atoms with Crippen molar-refractivity contribution in [3.8, 4) is 5.75 Å². The summed E-state index contributed by atoms with van der Waals surface area (Å²) in [5, 5.41) is 2.70. The summed E-state index contributed by atoms with van der Waals surface area (Å²) in [6.45, 7) is -0.162. The number of nitrogens with zero attached hydrogens (tertiary/aromatic N) is 2. The number of anilines is 1. The highest BCUT2D eigenvalue weighted by Gasteiger charge is 2.31. The number of carbonyl (C=O) groups is 4. The Morgan fingerprint density at radius 2 is 1.80 bits per heavy atom. The predicted octanol–water partition coefficient (Wildman–Crippen LogP) is 1.71. The highest BCUT2D eigenvalue weighted by Crippen LogP contribution is 2.20. The van der Waals surface area contributed by atoms with Gasteiger partial charge in [-0.1, -0.05) is 18.2 Å². The first kappa shape index (κ1) is 21.0. The van der Waals surface area contributed by atoms with Crippen molar-refractivity contribution in [1.29, 1.82) is 0 Å². The number of imide groups is 1. The quantitative estimate of drug-likeness (QED) is 0.703. The van der Waals surface area contributed by atoms with Crippen LogP contribution < -0.4 is 10.1 Å². The first-order chi connectivity index (χ1) is 14.4. The molecular formula is C22H23N3O5. The largest absolute Gasteiger partial charge is 0.497 e. The molecule has 0 fully saturated rings. The van der Waals surface area contributed by atoms with Gasteiger partial charge in [0.05, 0.1) is 20.1 Å². The fraction of sp³-hybridized carbons (Fsp3) is 0.273. The third-order valence-electron chi connectivity index (χ3n) is 4.87. The van der Waals surface area contributed by atoms with Crippen molar-refractivity contribution in [1.82, 2.24) is 9.80 Å². The number of benzene rings is 2. The highest BCUT2D eigenvalue weighted by molar-refractivity contribution is 6.09. The minimum Gasteiger partial charge on any atom is -0.497 e. The topological polar surface area (TPSA) is 96.0 Å². The molecule has 0 atom stereocenters. The van der Waals surface area contributed by atoms with Crippen LogP contribution in [0.5, 0.6) is 5.75 Å². The Bertz CT molecular complexity index is 971. The molecule has 2 aromatic rings. The number of rotatable bonds is 7. The van der Waals surface area contributed by atoms with Crippen LogP contribution >= 0.6 is 0 Å². The van der Waals surface area contributed by atoms with Gasteiger partial charge >= 0.3 is 0 Å². The van der Waals surface area contributed by atoms with Crippen molar-refractivity contribution in [2.45, 2.75) is 12.8 Å². The van der Waals surface area contributed by atoms with Gasteiger partial charge in [0.1, 0.15) is 5.75 Å². The van der Waals surface area contributed by atoms with Crippen LogP contribution in [0.1, 0.15) is 22.3 Å². The smallest absolute Gasteiger partial charge is 0.260 e. The van der Waals surface area contributed by atoms with Crippen molar-refractivity contribution >= 4 is 29.3 Å². The van der Waals surface area contributed by atoms with E-state index in [1.54, 1.807) is 55.6 Å². The lowest BCUT2D eigenvalue weighted by atomic mass is 9.98. The summed E-state index contributed by atoms with van der Waals surface area (Å²) in [5.41, 5.74) is 1.77. The molecule has 0 radical (unpaired) electrons. The van der Waals surface area contributed by atoms with Crippen LogP contribution in [-0.2, 0) is 20.8 Å². The summed E-state index contributed by atoms with van der Waals surface area (Å²) in [7, 11) is 3.06. The standard InChI is InChI=1S/C22H23N3O5/c1-24(14-19(26)23-16-7-9-17(30-2)10-8-16)20(27)11-12-25-21(28)13-15-5-3-4-6-18(15)22(25)29/h3-10H,11-14H2,1-2H3,(H,23,26). The Hall–Kier alpha value is -3.68. The van der Waals surface area contributed by atoms with Crippen molar-refractivity contribution < 1.29 is 23.9 Å². The van der Waals surface area contributed by atoms with E-state index in [-0.39, 0.29) is 43.7 Å². The molecule has 1 aliphatic heterocycles. The lowest BCUT2D eigenvalue weighted by molar-refractivity contribution is -0.134. The second-order valence-corrected chi connectivity index (χ2v) is 6.96. The molecule has 156 valence electrons. The monoisotopic (exact) mass is 409 g/mol. The molecule has 0 saturated heterocycles. The van der Waals surface area contributed by atoms with Crippen molar-refractivity contribution in [2.24, 2.45) is 0 Å². The molecule has 8 nitrogen and oxygen atoms in total. The number of hydrogen-bond acceptors (Lipinski definition) is 5. The average molecular weight is 409 g/mol. The second-order valence-electron chi connectivity index (χ2n) is 6.96. The van der Waals surface area contributed by atoms with Crippen molar-refractivity contribution in [2.75, 3.05) is 32.6 Å². The first-order valence-electron chi connectivity index (χ1n) is 9.49. The molecule has 1 heterocycles. The van der Waals surface area contributed by atoms with Gasteiger partial charge in [-0.05, 0) is 35.9 Å². The first-order valence-corrected chi connectivity index (χ1v) is 9.49. The van der Waals surface area contributed by atoms with Crippen LogP contribution in [0, 0.1) is 0 Å². The van der Waals surface area contributed by atoms with E-state index in [9.17, 15) is 19.2 Å². The third-order valence-corrected chi connectivity index (χ3v) is 4.87. The Morgan fingerprint density at radius 3 is 2.50 bits per heavy atom. The normalized spacial score (nSPS) is 12.9. The van der Waals surface area contributed by atoms with Gasteiger partial charge < -0.3 is 15.0 Å². The molecule has 30 heavy (non-hydrogen) atoms. The maximum absolute atomic E-state index is 12.5. The van der Waals surface area contributed by atoms with E-state index >= 15 is 0 Å². The molecule has 0 aliphatic carbocycles. The van der Waals surface area contributed by atoms with Gasteiger partial charge in [-0.15, -0.1) is 0 Å². The summed E-state index contributed by atoms with van der Waals surface area (Å²) >= 11 is 0. The number of amides is 4. The zero-order chi connectivity index (χ0) is 21.7. The Labute approximate surface area is 174 Å². The maximum atomic E-state index is 12.5. The molecule has 8 heteroatoms. The van der Waals surface area contributed by atoms with Crippen LogP contribution in [0.3, 0.4) is 0 Å². The molecule has 0 unspecified atom stereocenters. The molecule has 0 spiro atoms. The number of ether oxygens (including phenoxy) is 1. The number of nitrogens with one attached hydrogen (secondary N) is 1. The second kappa shape index (κ2) is 9.21. The Morgan fingerprint density at radius 1 is 1.10 bits per heavy atom.